The maximum atomic E-state index is 11.4. The van der Waals surface area contributed by atoms with Crippen LogP contribution in [0.4, 0.5) is 10.6 Å². The second-order valence-electron chi connectivity index (χ2n) is 2.99. The van der Waals surface area contributed by atoms with Crippen LogP contribution in [0.5, 0.6) is 0 Å². The number of carbonyl (C=O) groups is 2. The van der Waals surface area contributed by atoms with Crippen molar-refractivity contribution >= 4 is 29.4 Å². The lowest BCUT2D eigenvalue weighted by Crippen LogP contribution is -2.49. The van der Waals surface area contributed by atoms with Crippen molar-refractivity contribution in [2.45, 2.75) is 6.42 Å². The van der Waals surface area contributed by atoms with Gasteiger partial charge in [0.1, 0.15) is 0 Å². The van der Waals surface area contributed by atoms with Gasteiger partial charge >= 0.3 is 6.03 Å². The Morgan fingerprint density at radius 2 is 2.27 bits per heavy atom. The number of hydrogen-bond acceptors (Lipinski definition) is 4. The number of anilines is 1. The number of urea groups is 1. The minimum atomic E-state index is -0.497. The van der Waals surface area contributed by atoms with E-state index >= 15 is 0 Å². The molecule has 1 N–H and O–H groups in total. The molecule has 2 heterocycles. The molecule has 2 rings (SSSR count). The Bertz CT molecular complexity index is 423. The van der Waals surface area contributed by atoms with Gasteiger partial charge in [-0.25, -0.2) is 4.79 Å². The summed E-state index contributed by atoms with van der Waals surface area (Å²) >= 11 is 5.71. The first-order chi connectivity index (χ1) is 7.16. The maximum Gasteiger partial charge on any atom is 0.329 e. The van der Waals surface area contributed by atoms with E-state index in [0.717, 1.165) is 0 Å². The normalized spacial score (nSPS) is 16.5. The van der Waals surface area contributed by atoms with Gasteiger partial charge in [0.25, 0.3) is 0 Å². The van der Waals surface area contributed by atoms with Crippen LogP contribution in [0.1, 0.15) is 6.42 Å². The number of amides is 3. The number of hydrogen-bond donors (Lipinski definition) is 1. The Labute approximate surface area is 90.2 Å². The van der Waals surface area contributed by atoms with Crippen molar-refractivity contribution in [3.63, 3.8) is 0 Å². The fourth-order valence-corrected chi connectivity index (χ4v) is 1.39. The van der Waals surface area contributed by atoms with Crippen molar-refractivity contribution in [1.29, 1.82) is 0 Å². The molecule has 1 saturated heterocycles. The zero-order valence-corrected chi connectivity index (χ0v) is 8.36. The molecule has 0 spiro atoms. The molecule has 1 aromatic rings. The molecule has 0 atom stereocenters. The van der Waals surface area contributed by atoms with E-state index in [2.05, 4.69) is 15.5 Å². The summed E-state index contributed by atoms with van der Waals surface area (Å²) in [5.41, 5.74) is 0. The Kier molecular flexibility index (Phi) is 2.51. The van der Waals surface area contributed by atoms with E-state index in [-0.39, 0.29) is 12.3 Å². The molecule has 6 nitrogen and oxygen atoms in total. The molecular weight excluding hydrogens is 220 g/mol. The Morgan fingerprint density at radius 3 is 2.93 bits per heavy atom. The van der Waals surface area contributed by atoms with Gasteiger partial charge in [-0.05, 0) is 0 Å². The number of rotatable bonds is 1. The molecule has 0 radical (unpaired) electrons. The van der Waals surface area contributed by atoms with Crippen molar-refractivity contribution in [3.8, 4) is 0 Å². The molecule has 78 valence electrons. The monoisotopic (exact) mass is 226 g/mol. The van der Waals surface area contributed by atoms with Gasteiger partial charge in [-0.3, -0.25) is 15.0 Å². The van der Waals surface area contributed by atoms with E-state index in [4.69, 9.17) is 11.6 Å². The van der Waals surface area contributed by atoms with E-state index in [1.165, 1.54) is 17.2 Å². The third kappa shape index (κ3) is 2.04. The number of nitrogens with one attached hydrogen (secondary N) is 1. The zero-order chi connectivity index (χ0) is 10.8. The molecule has 15 heavy (non-hydrogen) atoms. The predicted octanol–water partition coefficient (Wildman–Crippen LogP) is 0.576. The van der Waals surface area contributed by atoms with Crippen molar-refractivity contribution in [3.05, 3.63) is 17.3 Å². The summed E-state index contributed by atoms with van der Waals surface area (Å²) < 4.78 is 0. The molecule has 1 aromatic heterocycles. The summed E-state index contributed by atoms with van der Waals surface area (Å²) in [5.74, 6) is 0.0544. The van der Waals surface area contributed by atoms with Gasteiger partial charge in [0.05, 0.1) is 11.2 Å². The topological polar surface area (TPSA) is 75.2 Å². The third-order valence-electron chi connectivity index (χ3n) is 1.94. The zero-order valence-electron chi connectivity index (χ0n) is 7.61. The summed E-state index contributed by atoms with van der Waals surface area (Å²) in [6.07, 6.45) is 1.62. The summed E-state index contributed by atoms with van der Waals surface area (Å²) in [7, 11) is 0. The smallest absolute Gasteiger partial charge is 0.278 e. The SMILES string of the molecule is O=C1CCN(c2cc(Cl)cnn2)C(=O)N1. The second kappa shape index (κ2) is 3.82. The number of halogens is 1. The molecule has 1 fully saturated rings. The third-order valence-corrected chi connectivity index (χ3v) is 2.15. The van der Waals surface area contributed by atoms with Crippen LogP contribution in [-0.4, -0.2) is 28.7 Å². The molecule has 1 aliphatic heterocycles. The van der Waals surface area contributed by atoms with Crippen LogP contribution in [0.2, 0.25) is 5.02 Å². The minimum absolute atomic E-state index is 0.250. The number of aromatic nitrogens is 2. The minimum Gasteiger partial charge on any atom is -0.278 e. The van der Waals surface area contributed by atoms with Crippen molar-refractivity contribution in [2.75, 3.05) is 11.4 Å². The van der Waals surface area contributed by atoms with Crippen LogP contribution in [-0.2, 0) is 4.79 Å². The Hall–Kier alpha value is -1.69. The van der Waals surface area contributed by atoms with Crippen LogP contribution >= 0.6 is 11.6 Å². The highest BCUT2D eigenvalue weighted by atomic mass is 35.5. The lowest BCUT2D eigenvalue weighted by Gasteiger charge is -2.24. The van der Waals surface area contributed by atoms with Crippen LogP contribution in [0.3, 0.4) is 0 Å². The fraction of sp³-hybridized carbons (Fsp3) is 0.250. The highest BCUT2D eigenvalue weighted by molar-refractivity contribution is 6.30. The van der Waals surface area contributed by atoms with Crippen LogP contribution < -0.4 is 10.2 Å². The summed E-state index contributed by atoms with van der Waals surface area (Å²) in [5, 5.41) is 9.96. The maximum absolute atomic E-state index is 11.4. The summed E-state index contributed by atoms with van der Waals surface area (Å²) in [6, 6.07) is 1.02. The van der Waals surface area contributed by atoms with Gasteiger partial charge in [-0.2, -0.15) is 5.10 Å². The van der Waals surface area contributed by atoms with Gasteiger partial charge in [0.15, 0.2) is 5.82 Å². The largest absolute Gasteiger partial charge is 0.329 e. The van der Waals surface area contributed by atoms with Gasteiger partial charge < -0.3 is 0 Å². The average Bonchev–Trinajstić information content (AvgIpc) is 2.17. The number of carbonyl (C=O) groups excluding carboxylic acids is 2. The molecule has 1 aliphatic rings. The van der Waals surface area contributed by atoms with Gasteiger partial charge in [-0.15, -0.1) is 5.10 Å². The average molecular weight is 227 g/mol. The quantitative estimate of drug-likeness (QED) is 0.760. The summed E-state index contributed by atoms with van der Waals surface area (Å²) in [4.78, 5) is 23.6. The van der Waals surface area contributed by atoms with E-state index < -0.39 is 6.03 Å². The number of imide groups is 1. The lowest BCUT2D eigenvalue weighted by molar-refractivity contribution is -0.120. The molecule has 3 amide bonds. The van der Waals surface area contributed by atoms with Crippen LogP contribution in [0, 0.1) is 0 Å². The molecular formula is C8H7ClN4O2. The van der Waals surface area contributed by atoms with Crippen molar-refractivity contribution in [1.82, 2.24) is 15.5 Å². The summed E-state index contributed by atoms with van der Waals surface area (Å²) in [6.45, 7) is 0.291. The predicted molar refractivity (Wildman–Crippen MR) is 52.5 cm³/mol. The Balaban J connectivity index is 2.24. The van der Waals surface area contributed by atoms with Crippen molar-refractivity contribution in [2.24, 2.45) is 0 Å². The first-order valence-electron chi connectivity index (χ1n) is 4.26. The van der Waals surface area contributed by atoms with E-state index in [0.29, 0.717) is 17.4 Å². The first kappa shape index (κ1) is 9.85. The fourth-order valence-electron chi connectivity index (χ4n) is 1.25. The first-order valence-corrected chi connectivity index (χ1v) is 4.64. The highest BCUT2D eigenvalue weighted by Crippen LogP contribution is 2.16. The molecule has 0 aromatic carbocycles. The standard InChI is InChI=1S/C8H7ClN4O2/c9-5-3-6(12-10-4-5)13-2-1-7(14)11-8(13)15/h3-4H,1-2H2,(H,11,14,15). The van der Waals surface area contributed by atoms with E-state index in [1.807, 2.05) is 0 Å². The lowest BCUT2D eigenvalue weighted by atomic mass is 10.3. The van der Waals surface area contributed by atoms with Gasteiger partial charge in [0.2, 0.25) is 5.91 Å². The molecule has 0 bridgehead atoms. The van der Waals surface area contributed by atoms with E-state index in [9.17, 15) is 9.59 Å². The van der Waals surface area contributed by atoms with Crippen LogP contribution in [0.25, 0.3) is 0 Å². The molecule has 0 unspecified atom stereocenters. The molecule has 0 saturated carbocycles. The van der Waals surface area contributed by atoms with E-state index in [1.54, 1.807) is 0 Å². The molecule has 0 aliphatic carbocycles. The van der Waals surface area contributed by atoms with Gasteiger partial charge in [-0.1, -0.05) is 11.6 Å². The van der Waals surface area contributed by atoms with Crippen molar-refractivity contribution < 1.29 is 9.59 Å². The van der Waals surface area contributed by atoms with Gasteiger partial charge in [0, 0.05) is 19.0 Å². The number of nitrogens with zero attached hydrogens (tertiary/aromatic N) is 3. The van der Waals surface area contributed by atoms with Crippen LogP contribution in [0.15, 0.2) is 12.3 Å². The highest BCUT2D eigenvalue weighted by Gasteiger charge is 2.25. The second-order valence-corrected chi connectivity index (χ2v) is 3.42. The molecule has 7 heteroatoms. The Morgan fingerprint density at radius 1 is 1.47 bits per heavy atom.